The van der Waals surface area contributed by atoms with Crippen LogP contribution >= 0.6 is 0 Å². The van der Waals surface area contributed by atoms with E-state index in [1.807, 2.05) is 24.3 Å². The number of aromatic nitrogens is 2. The van der Waals surface area contributed by atoms with Crippen LogP contribution in [0.2, 0.25) is 0 Å². The molecule has 4 heteroatoms. The van der Waals surface area contributed by atoms with Gasteiger partial charge in [0, 0.05) is 44.1 Å². The van der Waals surface area contributed by atoms with Crippen molar-refractivity contribution in [1.29, 1.82) is 0 Å². The monoisotopic (exact) mass is 437 g/mol. The van der Waals surface area contributed by atoms with E-state index in [9.17, 15) is 0 Å². The molecule has 0 fully saturated rings. The standard InChI is InChI=1S/C30H19N3O/c31-33-26-13-7-5-10-19(26)21-14-15-22-24-16-23-20-11-4-6-12-25(20)32(18-8-2-1-3-9-18)27(23)17-28(24)34-30(22)29(21)33/h1-17H,31H2. The molecule has 0 aliphatic heterocycles. The lowest BCUT2D eigenvalue weighted by molar-refractivity contribution is 0.671. The zero-order valence-electron chi connectivity index (χ0n) is 18.2. The van der Waals surface area contributed by atoms with E-state index in [2.05, 4.69) is 83.4 Å². The molecule has 8 aromatic rings. The molecule has 4 nitrogen and oxygen atoms in total. The Balaban J connectivity index is 1.56. The summed E-state index contributed by atoms with van der Waals surface area (Å²) in [5.74, 6) is 6.57. The van der Waals surface area contributed by atoms with Gasteiger partial charge in [-0.25, -0.2) is 0 Å². The second kappa shape index (κ2) is 6.21. The van der Waals surface area contributed by atoms with E-state index in [0.717, 1.165) is 54.9 Å². The molecular formula is C30H19N3O. The molecule has 0 spiro atoms. The number of nitrogens with zero attached hydrogens (tertiary/aromatic N) is 2. The van der Waals surface area contributed by atoms with Gasteiger partial charge in [-0.15, -0.1) is 0 Å². The zero-order valence-corrected chi connectivity index (χ0v) is 18.2. The summed E-state index contributed by atoms with van der Waals surface area (Å²) in [7, 11) is 0. The van der Waals surface area contributed by atoms with Gasteiger partial charge in [0.05, 0.1) is 16.6 Å². The minimum absolute atomic E-state index is 0.828. The molecule has 34 heavy (non-hydrogen) atoms. The van der Waals surface area contributed by atoms with Gasteiger partial charge < -0.3 is 14.8 Å². The van der Waals surface area contributed by atoms with Crippen LogP contribution in [0.3, 0.4) is 0 Å². The molecule has 0 saturated carbocycles. The van der Waals surface area contributed by atoms with E-state index in [0.29, 0.717) is 0 Å². The van der Waals surface area contributed by atoms with Crippen LogP contribution in [0.15, 0.2) is 108 Å². The van der Waals surface area contributed by atoms with Crippen LogP contribution in [0.1, 0.15) is 0 Å². The summed E-state index contributed by atoms with van der Waals surface area (Å²) in [6.45, 7) is 0. The quantitative estimate of drug-likeness (QED) is 0.270. The van der Waals surface area contributed by atoms with Crippen LogP contribution in [0.5, 0.6) is 0 Å². The van der Waals surface area contributed by atoms with Crippen molar-refractivity contribution in [2.45, 2.75) is 0 Å². The van der Waals surface area contributed by atoms with Crippen LogP contribution < -0.4 is 5.84 Å². The topological polar surface area (TPSA) is 49.0 Å². The number of nitrogen functional groups attached to an aromatic ring is 1. The molecule has 2 N–H and O–H groups in total. The van der Waals surface area contributed by atoms with Crippen LogP contribution in [0.25, 0.3) is 71.2 Å². The Morgan fingerprint density at radius 3 is 2.03 bits per heavy atom. The highest BCUT2D eigenvalue weighted by molar-refractivity contribution is 6.23. The largest absolute Gasteiger partial charge is 0.454 e. The van der Waals surface area contributed by atoms with Crippen molar-refractivity contribution in [2.24, 2.45) is 0 Å². The number of para-hydroxylation sites is 3. The Morgan fingerprint density at radius 1 is 0.529 bits per heavy atom. The van der Waals surface area contributed by atoms with Gasteiger partial charge in [0.15, 0.2) is 5.58 Å². The van der Waals surface area contributed by atoms with Gasteiger partial charge in [-0.2, -0.15) is 0 Å². The lowest BCUT2D eigenvalue weighted by atomic mass is 10.1. The average molecular weight is 438 g/mol. The zero-order chi connectivity index (χ0) is 22.4. The first-order chi connectivity index (χ1) is 16.8. The maximum atomic E-state index is 6.57. The van der Waals surface area contributed by atoms with Crippen molar-refractivity contribution >= 4 is 65.6 Å². The van der Waals surface area contributed by atoms with Crippen molar-refractivity contribution in [3.05, 3.63) is 103 Å². The van der Waals surface area contributed by atoms with E-state index < -0.39 is 0 Å². The van der Waals surface area contributed by atoms with Gasteiger partial charge in [0.1, 0.15) is 11.1 Å². The van der Waals surface area contributed by atoms with Crippen molar-refractivity contribution < 1.29 is 4.42 Å². The molecule has 0 aliphatic carbocycles. The fourth-order valence-corrected chi connectivity index (χ4v) is 5.63. The average Bonchev–Trinajstić information content (AvgIpc) is 3.51. The molecule has 3 heterocycles. The van der Waals surface area contributed by atoms with Gasteiger partial charge in [0.2, 0.25) is 0 Å². The number of hydrogen-bond donors (Lipinski definition) is 1. The third-order valence-corrected chi connectivity index (χ3v) is 7.12. The van der Waals surface area contributed by atoms with E-state index in [4.69, 9.17) is 10.3 Å². The maximum absolute atomic E-state index is 6.57. The minimum atomic E-state index is 0.828. The first-order valence-corrected chi connectivity index (χ1v) is 11.4. The molecule has 0 aliphatic rings. The summed E-state index contributed by atoms with van der Waals surface area (Å²) >= 11 is 0. The Kier molecular flexibility index (Phi) is 3.25. The summed E-state index contributed by atoms with van der Waals surface area (Å²) in [5, 5.41) is 6.86. The number of nitrogens with two attached hydrogens (primary N) is 1. The predicted octanol–water partition coefficient (Wildman–Crippen LogP) is 7.50. The van der Waals surface area contributed by atoms with Crippen molar-refractivity contribution in [3.8, 4) is 5.69 Å². The summed E-state index contributed by atoms with van der Waals surface area (Å²) in [6.07, 6.45) is 0. The summed E-state index contributed by atoms with van der Waals surface area (Å²) < 4.78 is 10.6. The third-order valence-electron chi connectivity index (χ3n) is 7.12. The smallest absolute Gasteiger partial charge is 0.161 e. The molecule has 0 bridgehead atoms. The molecule has 5 aromatic carbocycles. The number of furan rings is 1. The van der Waals surface area contributed by atoms with Gasteiger partial charge in [-0.1, -0.05) is 60.7 Å². The molecule has 0 radical (unpaired) electrons. The fourth-order valence-electron chi connectivity index (χ4n) is 5.63. The molecular weight excluding hydrogens is 418 g/mol. The lowest BCUT2D eigenvalue weighted by Crippen LogP contribution is -2.06. The van der Waals surface area contributed by atoms with E-state index in [-0.39, 0.29) is 0 Å². The number of fused-ring (bicyclic) bond motifs is 10. The lowest BCUT2D eigenvalue weighted by Gasteiger charge is -2.07. The number of benzene rings is 5. The molecule has 160 valence electrons. The fraction of sp³-hybridized carbons (Fsp3) is 0. The summed E-state index contributed by atoms with van der Waals surface area (Å²) in [6, 6.07) is 36.1. The molecule has 0 unspecified atom stereocenters. The van der Waals surface area contributed by atoms with Gasteiger partial charge >= 0.3 is 0 Å². The summed E-state index contributed by atoms with van der Waals surface area (Å²) in [4.78, 5) is 0. The van der Waals surface area contributed by atoms with Crippen molar-refractivity contribution in [3.63, 3.8) is 0 Å². The highest BCUT2D eigenvalue weighted by Gasteiger charge is 2.19. The van der Waals surface area contributed by atoms with E-state index in [1.165, 1.54) is 16.3 Å². The third kappa shape index (κ3) is 2.12. The van der Waals surface area contributed by atoms with Crippen LogP contribution in [0.4, 0.5) is 0 Å². The Morgan fingerprint density at radius 2 is 1.21 bits per heavy atom. The van der Waals surface area contributed by atoms with E-state index in [1.54, 1.807) is 4.68 Å². The van der Waals surface area contributed by atoms with Gasteiger partial charge in [-0.05, 0) is 36.4 Å². The molecule has 8 rings (SSSR count). The van der Waals surface area contributed by atoms with Gasteiger partial charge in [-0.3, -0.25) is 4.68 Å². The minimum Gasteiger partial charge on any atom is -0.454 e. The highest BCUT2D eigenvalue weighted by atomic mass is 16.3. The second-order valence-electron chi connectivity index (χ2n) is 8.88. The summed E-state index contributed by atoms with van der Waals surface area (Å²) in [5.41, 5.74) is 7.06. The molecule has 0 saturated heterocycles. The first kappa shape index (κ1) is 17.8. The van der Waals surface area contributed by atoms with Crippen molar-refractivity contribution in [2.75, 3.05) is 5.84 Å². The maximum Gasteiger partial charge on any atom is 0.161 e. The SMILES string of the molecule is Nn1c2ccccc2c2ccc3c4cc5c6ccccc6n(-c6ccccc6)c5cc4oc3c21. The van der Waals surface area contributed by atoms with Crippen LogP contribution in [0, 0.1) is 0 Å². The van der Waals surface area contributed by atoms with Crippen LogP contribution in [-0.4, -0.2) is 9.24 Å². The number of hydrogen-bond acceptors (Lipinski definition) is 2. The number of rotatable bonds is 1. The Bertz CT molecular complexity index is 2070. The highest BCUT2D eigenvalue weighted by Crippen LogP contribution is 2.41. The van der Waals surface area contributed by atoms with Crippen molar-refractivity contribution in [1.82, 2.24) is 9.24 Å². The van der Waals surface area contributed by atoms with Crippen LogP contribution in [-0.2, 0) is 0 Å². The Hall–Kier alpha value is -4.70. The second-order valence-corrected chi connectivity index (χ2v) is 8.88. The van der Waals surface area contributed by atoms with E-state index >= 15 is 0 Å². The molecule has 0 amide bonds. The first-order valence-electron chi connectivity index (χ1n) is 11.4. The predicted molar refractivity (Wildman–Crippen MR) is 141 cm³/mol. The Labute approximate surface area is 194 Å². The molecule has 0 atom stereocenters. The normalized spacial score (nSPS) is 12.2. The molecule has 3 aromatic heterocycles. The van der Waals surface area contributed by atoms with Gasteiger partial charge in [0.25, 0.3) is 0 Å².